The molecular weight excluding hydrogens is 158 g/mol. The molecule has 13 heavy (non-hydrogen) atoms. The van der Waals surface area contributed by atoms with Gasteiger partial charge in [0.15, 0.2) is 0 Å². The van der Waals surface area contributed by atoms with Crippen molar-refractivity contribution in [1.29, 1.82) is 0 Å². The molecule has 0 saturated carbocycles. The molecule has 0 unspecified atom stereocenters. The highest BCUT2D eigenvalue weighted by Crippen LogP contribution is 1.98. The highest BCUT2D eigenvalue weighted by Gasteiger charge is 1.94. The van der Waals surface area contributed by atoms with Crippen LogP contribution in [0, 0.1) is 0 Å². The van der Waals surface area contributed by atoms with Crippen LogP contribution in [0.25, 0.3) is 0 Å². The SMILES string of the molecule is C=C/C=C(\C=C)CN(C)CC.CC. The third-order valence-electron chi connectivity index (χ3n) is 1.59. The van der Waals surface area contributed by atoms with Gasteiger partial charge in [-0.25, -0.2) is 0 Å². The lowest BCUT2D eigenvalue weighted by Crippen LogP contribution is -2.19. The van der Waals surface area contributed by atoms with Gasteiger partial charge in [-0.2, -0.15) is 0 Å². The van der Waals surface area contributed by atoms with Gasteiger partial charge < -0.3 is 4.90 Å². The maximum Gasteiger partial charge on any atom is 0.0230 e. The molecule has 0 aromatic rings. The fourth-order valence-electron chi connectivity index (χ4n) is 0.760. The van der Waals surface area contributed by atoms with Crippen LogP contribution in [0.1, 0.15) is 20.8 Å². The van der Waals surface area contributed by atoms with Crippen LogP contribution in [0.15, 0.2) is 37.0 Å². The number of nitrogens with zero attached hydrogens (tertiary/aromatic N) is 1. The van der Waals surface area contributed by atoms with Crippen LogP contribution < -0.4 is 0 Å². The van der Waals surface area contributed by atoms with Crippen LogP contribution >= 0.6 is 0 Å². The van der Waals surface area contributed by atoms with Gasteiger partial charge >= 0.3 is 0 Å². The summed E-state index contributed by atoms with van der Waals surface area (Å²) in [7, 11) is 2.08. The van der Waals surface area contributed by atoms with Crippen LogP contribution in [0.3, 0.4) is 0 Å². The summed E-state index contributed by atoms with van der Waals surface area (Å²) in [6.07, 6.45) is 5.65. The van der Waals surface area contributed by atoms with E-state index in [2.05, 4.69) is 32.0 Å². The van der Waals surface area contributed by atoms with E-state index in [9.17, 15) is 0 Å². The standard InChI is InChI=1S/C10H17N.C2H6/c1-5-8-10(6-2)9-11(4)7-3;1-2/h5-6,8H,1-2,7,9H2,3-4H3;1-2H3/b10-8+;. The second kappa shape index (κ2) is 11.2. The predicted molar refractivity (Wildman–Crippen MR) is 63.0 cm³/mol. The summed E-state index contributed by atoms with van der Waals surface area (Å²) in [6, 6.07) is 0. The molecule has 0 fully saturated rings. The molecule has 0 aliphatic rings. The van der Waals surface area contributed by atoms with Crippen LogP contribution in [0.4, 0.5) is 0 Å². The van der Waals surface area contributed by atoms with E-state index in [1.54, 1.807) is 6.08 Å². The van der Waals surface area contributed by atoms with E-state index in [0.717, 1.165) is 13.1 Å². The molecule has 0 radical (unpaired) electrons. The van der Waals surface area contributed by atoms with E-state index in [4.69, 9.17) is 0 Å². The van der Waals surface area contributed by atoms with Gasteiger partial charge in [0, 0.05) is 6.54 Å². The normalized spacial score (nSPS) is 10.4. The Morgan fingerprint density at radius 1 is 1.31 bits per heavy atom. The highest BCUT2D eigenvalue weighted by atomic mass is 15.1. The fourth-order valence-corrected chi connectivity index (χ4v) is 0.760. The Balaban J connectivity index is 0. The molecule has 0 aromatic heterocycles. The molecule has 0 aliphatic carbocycles. The Labute approximate surface area is 83.5 Å². The molecule has 1 nitrogen and oxygen atoms in total. The Hall–Kier alpha value is -0.820. The average Bonchev–Trinajstić information content (AvgIpc) is 2.20. The van der Waals surface area contributed by atoms with E-state index in [1.807, 2.05) is 26.0 Å². The van der Waals surface area contributed by atoms with Crippen LogP contribution in [-0.4, -0.2) is 25.0 Å². The number of hydrogen-bond donors (Lipinski definition) is 0. The van der Waals surface area contributed by atoms with Crippen molar-refractivity contribution in [2.24, 2.45) is 0 Å². The maximum absolute atomic E-state index is 3.72. The molecule has 1 heteroatoms. The van der Waals surface area contributed by atoms with Crippen molar-refractivity contribution in [2.45, 2.75) is 20.8 Å². The first-order chi connectivity index (χ1) is 6.24. The van der Waals surface area contributed by atoms with Crippen LogP contribution in [0.5, 0.6) is 0 Å². The summed E-state index contributed by atoms with van der Waals surface area (Å²) in [4.78, 5) is 2.22. The van der Waals surface area contributed by atoms with E-state index in [0.29, 0.717) is 0 Å². The first-order valence-electron chi connectivity index (χ1n) is 4.87. The van der Waals surface area contributed by atoms with Crippen molar-refractivity contribution in [2.75, 3.05) is 20.1 Å². The molecular formula is C12H23N. The number of hydrogen-bond acceptors (Lipinski definition) is 1. The van der Waals surface area contributed by atoms with Crippen molar-refractivity contribution >= 4 is 0 Å². The molecule has 0 N–H and O–H groups in total. The lowest BCUT2D eigenvalue weighted by Gasteiger charge is -2.13. The van der Waals surface area contributed by atoms with Gasteiger partial charge in [-0.05, 0) is 19.2 Å². The monoisotopic (exact) mass is 181 g/mol. The van der Waals surface area contributed by atoms with Crippen molar-refractivity contribution < 1.29 is 0 Å². The molecule has 0 rings (SSSR count). The number of allylic oxidation sites excluding steroid dienone is 2. The predicted octanol–water partition coefficient (Wildman–Crippen LogP) is 3.26. The van der Waals surface area contributed by atoms with Gasteiger partial charge in [0.05, 0.1) is 0 Å². The van der Waals surface area contributed by atoms with Crippen LogP contribution in [-0.2, 0) is 0 Å². The third kappa shape index (κ3) is 9.09. The van der Waals surface area contributed by atoms with Crippen molar-refractivity contribution in [3.05, 3.63) is 37.0 Å². The minimum atomic E-state index is 0.950. The van der Waals surface area contributed by atoms with Gasteiger partial charge in [-0.1, -0.05) is 52.2 Å². The summed E-state index contributed by atoms with van der Waals surface area (Å²) in [5, 5.41) is 0. The van der Waals surface area contributed by atoms with Gasteiger partial charge in [0.25, 0.3) is 0 Å². The molecule has 0 saturated heterocycles. The smallest absolute Gasteiger partial charge is 0.0230 e. The highest BCUT2D eigenvalue weighted by molar-refractivity contribution is 5.22. The summed E-state index contributed by atoms with van der Waals surface area (Å²) >= 11 is 0. The largest absolute Gasteiger partial charge is 0.302 e. The fraction of sp³-hybridized carbons (Fsp3) is 0.500. The molecule has 0 aromatic carbocycles. The van der Waals surface area contributed by atoms with Gasteiger partial charge in [-0.15, -0.1) is 0 Å². The van der Waals surface area contributed by atoms with Crippen molar-refractivity contribution in [1.82, 2.24) is 4.90 Å². The molecule has 0 heterocycles. The minimum absolute atomic E-state index is 0.950. The molecule has 0 bridgehead atoms. The summed E-state index contributed by atoms with van der Waals surface area (Å²) in [6.45, 7) is 15.5. The number of rotatable bonds is 5. The lowest BCUT2D eigenvalue weighted by atomic mass is 10.2. The van der Waals surface area contributed by atoms with E-state index < -0.39 is 0 Å². The van der Waals surface area contributed by atoms with Gasteiger partial charge in [0.2, 0.25) is 0 Å². The maximum atomic E-state index is 3.72. The molecule has 76 valence electrons. The summed E-state index contributed by atoms with van der Waals surface area (Å²) in [5.41, 5.74) is 1.21. The quantitative estimate of drug-likeness (QED) is 0.588. The van der Waals surface area contributed by atoms with E-state index >= 15 is 0 Å². The number of likely N-dealkylation sites (N-methyl/N-ethyl adjacent to an activating group) is 1. The topological polar surface area (TPSA) is 3.24 Å². The first kappa shape index (κ1) is 14.7. The van der Waals surface area contributed by atoms with Crippen molar-refractivity contribution in [3.8, 4) is 0 Å². The second-order valence-corrected chi connectivity index (χ2v) is 2.51. The van der Waals surface area contributed by atoms with E-state index in [1.165, 1.54) is 5.57 Å². The Kier molecular flexibility index (Phi) is 12.6. The summed E-state index contributed by atoms with van der Waals surface area (Å²) < 4.78 is 0. The zero-order chi connectivity index (χ0) is 10.7. The molecule has 0 atom stereocenters. The first-order valence-corrected chi connectivity index (χ1v) is 4.87. The molecule has 0 amide bonds. The Morgan fingerprint density at radius 2 is 1.85 bits per heavy atom. The van der Waals surface area contributed by atoms with E-state index in [-0.39, 0.29) is 0 Å². The minimum Gasteiger partial charge on any atom is -0.302 e. The van der Waals surface area contributed by atoms with Crippen molar-refractivity contribution in [3.63, 3.8) is 0 Å². The second-order valence-electron chi connectivity index (χ2n) is 2.51. The average molecular weight is 181 g/mol. The molecule has 0 aliphatic heterocycles. The Bertz CT molecular complexity index is 157. The third-order valence-corrected chi connectivity index (χ3v) is 1.59. The zero-order valence-corrected chi connectivity index (χ0v) is 9.51. The molecule has 0 spiro atoms. The van der Waals surface area contributed by atoms with Gasteiger partial charge in [-0.3, -0.25) is 0 Å². The lowest BCUT2D eigenvalue weighted by molar-refractivity contribution is 0.386. The Morgan fingerprint density at radius 3 is 2.15 bits per heavy atom. The zero-order valence-electron chi connectivity index (χ0n) is 9.51. The van der Waals surface area contributed by atoms with Gasteiger partial charge in [0.1, 0.15) is 0 Å². The van der Waals surface area contributed by atoms with Crippen LogP contribution in [0.2, 0.25) is 0 Å². The summed E-state index contributed by atoms with van der Waals surface area (Å²) in [5.74, 6) is 0.